The fourth-order valence-electron chi connectivity index (χ4n) is 1.85. The second-order valence-corrected chi connectivity index (χ2v) is 5.57. The molecule has 0 amide bonds. The van der Waals surface area contributed by atoms with Crippen molar-refractivity contribution in [1.29, 1.82) is 0 Å². The van der Waals surface area contributed by atoms with Gasteiger partial charge in [-0.2, -0.15) is 10.2 Å². The molecule has 0 aliphatic heterocycles. The summed E-state index contributed by atoms with van der Waals surface area (Å²) in [6.45, 7) is 3.42. The molecule has 0 saturated carbocycles. The van der Waals surface area contributed by atoms with E-state index in [2.05, 4.69) is 10.2 Å². The van der Waals surface area contributed by atoms with E-state index in [0.29, 0.717) is 32.6 Å². The smallest absolute Gasteiger partial charge is 0.124 e. The van der Waals surface area contributed by atoms with Gasteiger partial charge in [0.15, 0.2) is 0 Å². The third-order valence-electron chi connectivity index (χ3n) is 3.05. The van der Waals surface area contributed by atoms with Gasteiger partial charge in [-0.25, -0.2) is 0 Å². The van der Waals surface area contributed by atoms with Crippen LogP contribution in [0.3, 0.4) is 0 Å². The molecule has 2 aromatic rings. The lowest BCUT2D eigenvalue weighted by molar-refractivity contribution is 0.473. The van der Waals surface area contributed by atoms with Crippen LogP contribution in [0.4, 0.5) is 0 Å². The SMILES string of the molecule is C/C(=N/N=C(/C)c1cc(Cl)ccc1O)c1cc(Cl)ccc1O. The molecule has 114 valence electrons. The second kappa shape index (κ2) is 6.81. The minimum absolute atomic E-state index is 0.0732. The topological polar surface area (TPSA) is 65.2 Å². The maximum absolute atomic E-state index is 9.82. The summed E-state index contributed by atoms with van der Waals surface area (Å²) in [7, 11) is 0. The van der Waals surface area contributed by atoms with Gasteiger partial charge in [0.25, 0.3) is 0 Å². The Morgan fingerprint density at radius 2 is 1.14 bits per heavy atom. The van der Waals surface area contributed by atoms with Crippen molar-refractivity contribution in [2.75, 3.05) is 0 Å². The highest BCUT2D eigenvalue weighted by Crippen LogP contribution is 2.24. The first-order valence-electron chi connectivity index (χ1n) is 6.45. The van der Waals surface area contributed by atoms with E-state index in [1.807, 2.05) is 0 Å². The fraction of sp³-hybridized carbons (Fsp3) is 0.125. The molecule has 0 spiro atoms. The van der Waals surface area contributed by atoms with E-state index in [0.717, 1.165) is 0 Å². The predicted molar refractivity (Wildman–Crippen MR) is 90.7 cm³/mol. The lowest BCUT2D eigenvalue weighted by atomic mass is 10.1. The lowest BCUT2D eigenvalue weighted by Crippen LogP contribution is -1.98. The number of hydrogen-bond acceptors (Lipinski definition) is 4. The van der Waals surface area contributed by atoms with E-state index in [-0.39, 0.29) is 11.5 Å². The Balaban J connectivity index is 2.36. The zero-order valence-electron chi connectivity index (χ0n) is 12.0. The molecule has 22 heavy (non-hydrogen) atoms. The molecule has 0 bridgehead atoms. The first-order chi connectivity index (χ1) is 10.4. The number of nitrogens with zero attached hydrogens (tertiary/aromatic N) is 2. The zero-order valence-corrected chi connectivity index (χ0v) is 13.5. The summed E-state index contributed by atoms with van der Waals surface area (Å²) in [5.74, 6) is 0.146. The summed E-state index contributed by atoms with van der Waals surface area (Å²) < 4.78 is 0. The van der Waals surface area contributed by atoms with Crippen LogP contribution in [0.25, 0.3) is 0 Å². The maximum Gasteiger partial charge on any atom is 0.124 e. The standard InChI is InChI=1S/C16H14Cl2N2O2/c1-9(13-7-11(17)3-5-15(13)21)19-20-10(2)14-8-12(18)4-6-16(14)22/h3-8,21-22H,1-2H3/b19-9-,20-10-. The van der Waals surface area contributed by atoms with Gasteiger partial charge < -0.3 is 10.2 Å². The van der Waals surface area contributed by atoms with E-state index in [1.165, 1.54) is 12.1 Å². The zero-order chi connectivity index (χ0) is 16.3. The molecule has 2 rings (SSSR count). The number of phenolic OH excluding ortho intramolecular Hbond substituents is 2. The summed E-state index contributed by atoms with van der Waals surface area (Å²) in [6, 6.07) is 9.39. The molecule has 0 aromatic heterocycles. The molecule has 4 nitrogen and oxygen atoms in total. The minimum Gasteiger partial charge on any atom is -0.507 e. The van der Waals surface area contributed by atoms with Gasteiger partial charge in [0, 0.05) is 21.2 Å². The van der Waals surface area contributed by atoms with E-state index >= 15 is 0 Å². The molecule has 0 aliphatic rings. The highest BCUT2D eigenvalue weighted by atomic mass is 35.5. The van der Waals surface area contributed by atoms with E-state index in [1.54, 1.807) is 38.1 Å². The minimum atomic E-state index is 0.0732. The van der Waals surface area contributed by atoms with Crippen molar-refractivity contribution in [3.8, 4) is 11.5 Å². The van der Waals surface area contributed by atoms with Crippen LogP contribution in [0.2, 0.25) is 10.0 Å². The molecule has 0 fully saturated rings. The average Bonchev–Trinajstić information content (AvgIpc) is 2.49. The number of rotatable bonds is 3. The molecule has 0 unspecified atom stereocenters. The Kier molecular flexibility index (Phi) is 5.06. The number of aromatic hydroxyl groups is 2. The summed E-state index contributed by atoms with van der Waals surface area (Å²) >= 11 is 11.8. The quantitative estimate of drug-likeness (QED) is 0.633. The van der Waals surface area contributed by atoms with Gasteiger partial charge in [-0.1, -0.05) is 23.2 Å². The first-order valence-corrected chi connectivity index (χ1v) is 7.20. The van der Waals surface area contributed by atoms with Crippen LogP contribution in [0, 0.1) is 0 Å². The van der Waals surface area contributed by atoms with Crippen LogP contribution in [0.15, 0.2) is 46.6 Å². The molecule has 6 heteroatoms. The van der Waals surface area contributed by atoms with Gasteiger partial charge in [-0.05, 0) is 50.2 Å². The third kappa shape index (κ3) is 3.78. The van der Waals surface area contributed by atoms with Gasteiger partial charge in [0.1, 0.15) is 11.5 Å². The van der Waals surface area contributed by atoms with Crippen molar-refractivity contribution in [2.45, 2.75) is 13.8 Å². The normalized spacial score (nSPS) is 12.5. The molecule has 0 saturated heterocycles. The van der Waals surface area contributed by atoms with Gasteiger partial charge in [0.2, 0.25) is 0 Å². The van der Waals surface area contributed by atoms with Gasteiger partial charge in [-0.15, -0.1) is 0 Å². The van der Waals surface area contributed by atoms with Gasteiger partial charge in [0.05, 0.1) is 11.4 Å². The molecular formula is C16H14Cl2N2O2. The van der Waals surface area contributed by atoms with Crippen LogP contribution >= 0.6 is 23.2 Å². The monoisotopic (exact) mass is 336 g/mol. The average molecular weight is 337 g/mol. The Hall–Kier alpha value is -2.04. The Morgan fingerprint density at radius 1 is 0.773 bits per heavy atom. The molecule has 2 N–H and O–H groups in total. The lowest BCUT2D eigenvalue weighted by Gasteiger charge is -2.05. The van der Waals surface area contributed by atoms with Crippen molar-refractivity contribution < 1.29 is 10.2 Å². The third-order valence-corrected chi connectivity index (χ3v) is 3.52. The van der Waals surface area contributed by atoms with Crippen molar-refractivity contribution >= 4 is 34.6 Å². The second-order valence-electron chi connectivity index (χ2n) is 4.69. The number of benzene rings is 2. The summed E-state index contributed by atoms with van der Waals surface area (Å²) in [4.78, 5) is 0. The highest BCUT2D eigenvalue weighted by molar-refractivity contribution is 6.31. The molecule has 0 radical (unpaired) electrons. The molecule has 0 atom stereocenters. The van der Waals surface area contributed by atoms with Crippen LogP contribution in [-0.2, 0) is 0 Å². The molecule has 0 aliphatic carbocycles. The van der Waals surface area contributed by atoms with Crippen LogP contribution in [0.1, 0.15) is 25.0 Å². The van der Waals surface area contributed by atoms with Crippen molar-refractivity contribution in [1.82, 2.24) is 0 Å². The van der Waals surface area contributed by atoms with Gasteiger partial charge in [-0.3, -0.25) is 0 Å². The largest absolute Gasteiger partial charge is 0.507 e. The van der Waals surface area contributed by atoms with E-state index < -0.39 is 0 Å². The van der Waals surface area contributed by atoms with Gasteiger partial charge >= 0.3 is 0 Å². The predicted octanol–water partition coefficient (Wildman–Crippen LogP) is 4.64. The Morgan fingerprint density at radius 3 is 1.50 bits per heavy atom. The fourth-order valence-corrected chi connectivity index (χ4v) is 2.20. The van der Waals surface area contributed by atoms with Crippen LogP contribution < -0.4 is 0 Å². The Bertz CT molecular complexity index is 705. The van der Waals surface area contributed by atoms with Crippen molar-refractivity contribution in [2.24, 2.45) is 10.2 Å². The summed E-state index contributed by atoms with van der Waals surface area (Å²) in [5, 5.41) is 28.8. The van der Waals surface area contributed by atoms with Crippen molar-refractivity contribution in [3.05, 3.63) is 57.6 Å². The molecule has 0 heterocycles. The van der Waals surface area contributed by atoms with Crippen LogP contribution in [0.5, 0.6) is 11.5 Å². The Labute approximate surface area is 138 Å². The first kappa shape index (κ1) is 16.3. The van der Waals surface area contributed by atoms with E-state index in [4.69, 9.17) is 23.2 Å². The number of halogens is 2. The number of phenols is 2. The summed E-state index contributed by atoms with van der Waals surface area (Å²) in [5.41, 5.74) is 2.00. The number of hydrogen-bond donors (Lipinski definition) is 2. The molecule has 2 aromatic carbocycles. The van der Waals surface area contributed by atoms with Crippen LogP contribution in [-0.4, -0.2) is 21.6 Å². The molecular weight excluding hydrogens is 323 g/mol. The van der Waals surface area contributed by atoms with E-state index in [9.17, 15) is 10.2 Å². The maximum atomic E-state index is 9.82. The summed E-state index contributed by atoms with van der Waals surface area (Å²) in [6.07, 6.45) is 0. The highest BCUT2D eigenvalue weighted by Gasteiger charge is 2.07. The van der Waals surface area contributed by atoms with Crippen molar-refractivity contribution in [3.63, 3.8) is 0 Å².